The molecule has 1 atom stereocenters. The van der Waals surface area contributed by atoms with Crippen molar-refractivity contribution >= 4 is 35.0 Å². The molecule has 132 valence electrons. The van der Waals surface area contributed by atoms with Crippen LogP contribution in [0.25, 0.3) is 0 Å². The molecule has 25 heavy (non-hydrogen) atoms. The fraction of sp³-hybridized carbons (Fsp3) is 0.222. The number of hydrogen-bond donors (Lipinski definition) is 2. The Bertz CT molecular complexity index is 718. The summed E-state index contributed by atoms with van der Waals surface area (Å²) in [6.45, 7) is 0.112. The van der Waals surface area contributed by atoms with Gasteiger partial charge in [0.1, 0.15) is 12.6 Å². The standard InChI is InChI=1S/C18H18Cl2N2O3/c19-14-7-4-8-15(20)13(14)9-16(18(21)24)22-17(23)11-25-10-12-5-2-1-3-6-12/h1-8,16H,9-11H2,(H2,21,24)(H,22,23)/t16-/m0/s1. The molecule has 0 radical (unpaired) electrons. The van der Waals surface area contributed by atoms with Crippen molar-refractivity contribution in [2.75, 3.05) is 6.61 Å². The second kappa shape index (κ2) is 9.42. The minimum absolute atomic E-state index is 0.109. The van der Waals surface area contributed by atoms with Crippen LogP contribution >= 0.6 is 23.2 Å². The third-order valence-electron chi connectivity index (χ3n) is 3.49. The number of nitrogens with two attached hydrogens (primary N) is 1. The van der Waals surface area contributed by atoms with E-state index in [1.54, 1.807) is 18.2 Å². The summed E-state index contributed by atoms with van der Waals surface area (Å²) in [7, 11) is 0. The lowest BCUT2D eigenvalue weighted by atomic mass is 10.1. The van der Waals surface area contributed by atoms with Crippen molar-refractivity contribution in [3.05, 3.63) is 69.7 Å². The summed E-state index contributed by atoms with van der Waals surface area (Å²) in [6, 6.07) is 13.5. The molecule has 0 heterocycles. The van der Waals surface area contributed by atoms with Gasteiger partial charge in [-0.15, -0.1) is 0 Å². The molecule has 0 spiro atoms. The van der Waals surface area contributed by atoms with E-state index >= 15 is 0 Å². The summed E-state index contributed by atoms with van der Waals surface area (Å²) in [6.07, 6.45) is 0.109. The molecule has 0 bridgehead atoms. The van der Waals surface area contributed by atoms with Gasteiger partial charge in [0.2, 0.25) is 11.8 Å². The van der Waals surface area contributed by atoms with Crippen LogP contribution in [0.15, 0.2) is 48.5 Å². The second-order valence-corrected chi connectivity index (χ2v) is 6.22. The number of rotatable bonds is 8. The number of nitrogens with one attached hydrogen (secondary N) is 1. The summed E-state index contributed by atoms with van der Waals surface area (Å²) in [5, 5.41) is 3.37. The Kier molecular flexibility index (Phi) is 7.25. The Labute approximate surface area is 156 Å². The van der Waals surface area contributed by atoms with Gasteiger partial charge in [-0.3, -0.25) is 9.59 Å². The zero-order valence-electron chi connectivity index (χ0n) is 13.4. The van der Waals surface area contributed by atoms with Crippen LogP contribution in [0.1, 0.15) is 11.1 Å². The van der Waals surface area contributed by atoms with Crippen LogP contribution in [0.3, 0.4) is 0 Å². The number of carbonyl (C=O) groups is 2. The van der Waals surface area contributed by atoms with E-state index in [-0.39, 0.29) is 13.0 Å². The van der Waals surface area contributed by atoms with Gasteiger partial charge in [-0.05, 0) is 23.3 Å². The van der Waals surface area contributed by atoms with Gasteiger partial charge in [-0.1, -0.05) is 59.6 Å². The number of carbonyl (C=O) groups excluding carboxylic acids is 2. The SMILES string of the molecule is NC(=O)[C@H](Cc1c(Cl)cccc1Cl)NC(=O)COCc1ccccc1. The first-order valence-electron chi connectivity index (χ1n) is 7.60. The van der Waals surface area contributed by atoms with Gasteiger partial charge >= 0.3 is 0 Å². The van der Waals surface area contributed by atoms with E-state index in [0.29, 0.717) is 22.2 Å². The zero-order valence-corrected chi connectivity index (χ0v) is 14.9. The smallest absolute Gasteiger partial charge is 0.246 e. The normalized spacial score (nSPS) is 11.8. The van der Waals surface area contributed by atoms with E-state index in [4.69, 9.17) is 33.7 Å². The fourth-order valence-corrected chi connectivity index (χ4v) is 2.78. The topological polar surface area (TPSA) is 81.4 Å². The van der Waals surface area contributed by atoms with Crippen molar-refractivity contribution in [3.8, 4) is 0 Å². The number of primary amides is 1. The van der Waals surface area contributed by atoms with Gasteiger partial charge in [0.25, 0.3) is 0 Å². The Morgan fingerprint density at radius 3 is 2.28 bits per heavy atom. The van der Waals surface area contributed by atoms with Gasteiger partial charge in [0.05, 0.1) is 6.61 Å². The molecule has 0 unspecified atom stereocenters. The van der Waals surface area contributed by atoms with Gasteiger partial charge in [0, 0.05) is 16.5 Å². The monoisotopic (exact) mass is 380 g/mol. The van der Waals surface area contributed by atoms with E-state index in [1.165, 1.54) is 0 Å². The lowest BCUT2D eigenvalue weighted by molar-refractivity contribution is -0.130. The van der Waals surface area contributed by atoms with Crippen LogP contribution in [-0.4, -0.2) is 24.5 Å². The molecule has 0 aliphatic heterocycles. The van der Waals surface area contributed by atoms with Crippen LogP contribution < -0.4 is 11.1 Å². The first kappa shape index (κ1) is 19.2. The number of hydrogen-bond acceptors (Lipinski definition) is 3. The third kappa shape index (κ3) is 6.05. The maximum atomic E-state index is 12.0. The molecule has 2 amide bonds. The van der Waals surface area contributed by atoms with Gasteiger partial charge in [-0.25, -0.2) is 0 Å². The van der Waals surface area contributed by atoms with Crippen molar-refractivity contribution < 1.29 is 14.3 Å². The highest BCUT2D eigenvalue weighted by molar-refractivity contribution is 6.36. The lowest BCUT2D eigenvalue weighted by Gasteiger charge is -2.17. The predicted molar refractivity (Wildman–Crippen MR) is 97.4 cm³/mol. The van der Waals surface area contributed by atoms with E-state index in [2.05, 4.69) is 5.32 Å². The second-order valence-electron chi connectivity index (χ2n) is 5.41. The molecule has 5 nitrogen and oxygen atoms in total. The van der Waals surface area contributed by atoms with Crippen LogP contribution in [0.5, 0.6) is 0 Å². The summed E-state index contributed by atoms with van der Waals surface area (Å²) in [5.74, 6) is -1.12. The molecule has 0 aliphatic rings. The average molecular weight is 381 g/mol. The summed E-state index contributed by atoms with van der Waals surface area (Å²) in [4.78, 5) is 23.6. The molecular weight excluding hydrogens is 363 g/mol. The van der Waals surface area contributed by atoms with E-state index in [0.717, 1.165) is 5.56 Å². The summed E-state index contributed by atoms with van der Waals surface area (Å²) >= 11 is 12.2. The van der Waals surface area contributed by atoms with E-state index in [1.807, 2.05) is 30.3 Å². The minimum Gasteiger partial charge on any atom is -0.368 e. The molecule has 0 saturated heterocycles. The number of amides is 2. The highest BCUT2D eigenvalue weighted by Crippen LogP contribution is 2.25. The van der Waals surface area contributed by atoms with Crippen LogP contribution in [-0.2, 0) is 27.4 Å². The van der Waals surface area contributed by atoms with E-state index in [9.17, 15) is 9.59 Å². The van der Waals surface area contributed by atoms with Crippen molar-refractivity contribution in [3.63, 3.8) is 0 Å². The van der Waals surface area contributed by atoms with Crippen LogP contribution in [0.4, 0.5) is 0 Å². The number of halogens is 2. The molecule has 2 rings (SSSR count). The Balaban J connectivity index is 1.90. The third-order valence-corrected chi connectivity index (χ3v) is 4.20. The minimum atomic E-state index is -0.926. The molecular formula is C18H18Cl2N2O3. The maximum absolute atomic E-state index is 12.0. The molecule has 3 N–H and O–H groups in total. The number of benzene rings is 2. The first-order valence-corrected chi connectivity index (χ1v) is 8.36. The van der Waals surface area contributed by atoms with Gasteiger partial charge < -0.3 is 15.8 Å². The van der Waals surface area contributed by atoms with Gasteiger partial charge in [-0.2, -0.15) is 0 Å². The highest BCUT2D eigenvalue weighted by atomic mass is 35.5. The van der Waals surface area contributed by atoms with Crippen molar-refractivity contribution in [1.29, 1.82) is 0 Å². The Hall–Kier alpha value is -2.08. The van der Waals surface area contributed by atoms with Crippen molar-refractivity contribution in [1.82, 2.24) is 5.32 Å². The summed E-state index contributed by atoms with van der Waals surface area (Å²) in [5.41, 5.74) is 6.88. The zero-order chi connectivity index (χ0) is 18.2. The molecule has 0 fully saturated rings. The predicted octanol–water partition coefficient (Wildman–Crippen LogP) is 2.72. The largest absolute Gasteiger partial charge is 0.368 e. The molecule has 0 aromatic heterocycles. The van der Waals surface area contributed by atoms with E-state index < -0.39 is 17.9 Å². The molecule has 2 aromatic carbocycles. The number of ether oxygens (including phenoxy) is 1. The Morgan fingerprint density at radius 1 is 1.04 bits per heavy atom. The first-order chi connectivity index (χ1) is 12.0. The van der Waals surface area contributed by atoms with Gasteiger partial charge in [0.15, 0.2) is 0 Å². The fourth-order valence-electron chi connectivity index (χ4n) is 2.23. The molecule has 0 aliphatic carbocycles. The van der Waals surface area contributed by atoms with Crippen LogP contribution in [0.2, 0.25) is 10.0 Å². The molecule has 7 heteroatoms. The average Bonchev–Trinajstić information content (AvgIpc) is 2.58. The van der Waals surface area contributed by atoms with Crippen LogP contribution in [0, 0.1) is 0 Å². The maximum Gasteiger partial charge on any atom is 0.246 e. The quantitative estimate of drug-likeness (QED) is 0.738. The van der Waals surface area contributed by atoms with Crippen molar-refractivity contribution in [2.45, 2.75) is 19.1 Å². The lowest BCUT2D eigenvalue weighted by Crippen LogP contribution is -2.47. The van der Waals surface area contributed by atoms with Crippen molar-refractivity contribution in [2.24, 2.45) is 5.73 Å². The Morgan fingerprint density at radius 2 is 1.68 bits per heavy atom. The molecule has 2 aromatic rings. The summed E-state index contributed by atoms with van der Waals surface area (Å²) < 4.78 is 5.34. The molecule has 0 saturated carbocycles. The highest BCUT2D eigenvalue weighted by Gasteiger charge is 2.21.